The van der Waals surface area contributed by atoms with Crippen LogP contribution in [0, 0.1) is 0 Å². The van der Waals surface area contributed by atoms with E-state index < -0.39 is 0 Å². The van der Waals surface area contributed by atoms with E-state index in [2.05, 4.69) is 24.1 Å². The molecule has 1 aliphatic rings. The van der Waals surface area contributed by atoms with Gasteiger partial charge in [0.15, 0.2) is 0 Å². The van der Waals surface area contributed by atoms with Gasteiger partial charge in [0.2, 0.25) is 5.91 Å². The molecule has 0 radical (unpaired) electrons. The monoisotopic (exact) mass is 241 g/mol. The number of nitrogens with one attached hydrogen (secondary N) is 1. The first-order chi connectivity index (χ1) is 8.08. The molecule has 0 aromatic rings. The molecule has 0 saturated carbocycles. The summed E-state index contributed by atoms with van der Waals surface area (Å²) in [6.45, 7) is 8.10. The van der Waals surface area contributed by atoms with Gasteiger partial charge < -0.3 is 11.1 Å². The zero-order valence-corrected chi connectivity index (χ0v) is 11.4. The summed E-state index contributed by atoms with van der Waals surface area (Å²) in [5.74, 6) is 0.161. The van der Waals surface area contributed by atoms with Crippen molar-refractivity contribution in [1.82, 2.24) is 10.2 Å². The van der Waals surface area contributed by atoms with E-state index in [-0.39, 0.29) is 11.9 Å². The van der Waals surface area contributed by atoms with Crippen LogP contribution in [0.2, 0.25) is 0 Å². The average Bonchev–Trinajstić information content (AvgIpc) is 2.35. The van der Waals surface area contributed by atoms with Crippen LogP contribution in [-0.4, -0.2) is 42.0 Å². The lowest BCUT2D eigenvalue weighted by Gasteiger charge is -2.34. The van der Waals surface area contributed by atoms with Crippen molar-refractivity contribution >= 4 is 5.91 Å². The molecule has 4 nitrogen and oxygen atoms in total. The van der Waals surface area contributed by atoms with Crippen molar-refractivity contribution in [2.45, 2.75) is 64.6 Å². The Bertz CT molecular complexity index is 233. The summed E-state index contributed by atoms with van der Waals surface area (Å²) in [6, 6.07) is 0.612. The van der Waals surface area contributed by atoms with Gasteiger partial charge in [-0.1, -0.05) is 13.8 Å². The molecule has 0 aromatic heterocycles. The van der Waals surface area contributed by atoms with Gasteiger partial charge >= 0.3 is 0 Å². The second-order valence-electron chi connectivity index (χ2n) is 5.07. The summed E-state index contributed by atoms with van der Waals surface area (Å²) in [5.41, 5.74) is 5.87. The molecule has 0 spiro atoms. The van der Waals surface area contributed by atoms with E-state index >= 15 is 0 Å². The van der Waals surface area contributed by atoms with E-state index in [0.717, 1.165) is 38.8 Å². The molecular weight excluding hydrogens is 214 g/mol. The molecule has 0 bridgehead atoms. The van der Waals surface area contributed by atoms with Gasteiger partial charge in [-0.15, -0.1) is 0 Å². The SMILES string of the molecule is CCC(CC)NC(=O)C(C)N1CCC(N)CC1. The standard InChI is InChI=1S/C13H27N3O/c1-4-12(5-2)15-13(17)10(3)16-8-6-11(14)7-9-16/h10-12H,4-9,14H2,1-3H3,(H,15,17). The smallest absolute Gasteiger partial charge is 0.237 e. The first-order valence-corrected chi connectivity index (χ1v) is 6.88. The van der Waals surface area contributed by atoms with Crippen molar-refractivity contribution in [3.63, 3.8) is 0 Å². The number of nitrogens with two attached hydrogens (primary N) is 1. The number of hydrogen-bond donors (Lipinski definition) is 2. The van der Waals surface area contributed by atoms with Crippen molar-refractivity contribution in [2.75, 3.05) is 13.1 Å². The minimum atomic E-state index is -0.0249. The quantitative estimate of drug-likeness (QED) is 0.758. The van der Waals surface area contributed by atoms with Crippen molar-refractivity contribution in [3.05, 3.63) is 0 Å². The molecule has 4 heteroatoms. The highest BCUT2D eigenvalue weighted by Gasteiger charge is 2.25. The number of piperidine rings is 1. The Morgan fingerprint density at radius 1 is 1.35 bits per heavy atom. The van der Waals surface area contributed by atoms with E-state index in [4.69, 9.17) is 5.73 Å². The molecule has 1 heterocycles. The summed E-state index contributed by atoms with van der Waals surface area (Å²) in [7, 11) is 0. The molecule has 100 valence electrons. The van der Waals surface area contributed by atoms with Crippen LogP contribution in [0.3, 0.4) is 0 Å². The Hall–Kier alpha value is -0.610. The third kappa shape index (κ3) is 4.28. The maximum Gasteiger partial charge on any atom is 0.237 e. The predicted molar refractivity (Wildman–Crippen MR) is 70.8 cm³/mol. The Morgan fingerprint density at radius 2 is 1.88 bits per heavy atom. The normalized spacial score (nSPS) is 20.5. The van der Waals surface area contributed by atoms with Crippen LogP contribution in [0.15, 0.2) is 0 Å². The molecule has 1 atom stereocenters. The topological polar surface area (TPSA) is 58.4 Å². The first-order valence-electron chi connectivity index (χ1n) is 6.88. The zero-order valence-electron chi connectivity index (χ0n) is 11.4. The van der Waals surface area contributed by atoms with E-state index in [1.165, 1.54) is 0 Å². The van der Waals surface area contributed by atoms with Crippen LogP contribution in [0.4, 0.5) is 0 Å². The van der Waals surface area contributed by atoms with Crippen LogP contribution < -0.4 is 11.1 Å². The fourth-order valence-corrected chi connectivity index (χ4v) is 2.29. The van der Waals surface area contributed by atoms with Crippen molar-refractivity contribution < 1.29 is 4.79 Å². The number of nitrogens with zero attached hydrogens (tertiary/aromatic N) is 1. The molecule has 3 N–H and O–H groups in total. The highest BCUT2D eigenvalue weighted by Crippen LogP contribution is 2.12. The van der Waals surface area contributed by atoms with E-state index in [1.807, 2.05) is 6.92 Å². The molecule has 1 rings (SSSR count). The zero-order chi connectivity index (χ0) is 12.8. The van der Waals surface area contributed by atoms with Gasteiger partial charge in [0.05, 0.1) is 6.04 Å². The molecule has 1 unspecified atom stereocenters. The van der Waals surface area contributed by atoms with Gasteiger partial charge in [-0.3, -0.25) is 9.69 Å². The summed E-state index contributed by atoms with van der Waals surface area (Å²) >= 11 is 0. The third-order valence-electron chi connectivity index (χ3n) is 3.83. The summed E-state index contributed by atoms with van der Waals surface area (Å²) in [6.07, 6.45) is 4.00. The van der Waals surface area contributed by atoms with Crippen LogP contribution in [0.1, 0.15) is 46.5 Å². The fraction of sp³-hybridized carbons (Fsp3) is 0.923. The molecular formula is C13H27N3O. The Balaban J connectivity index is 2.40. The van der Waals surface area contributed by atoms with E-state index in [9.17, 15) is 4.79 Å². The summed E-state index contributed by atoms with van der Waals surface area (Å²) < 4.78 is 0. The van der Waals surface area contributed by atoms with Gasteiger partial charge in [-0.2, -0.15) is 0 Å². The largest absolute Gasteiger partial charge is 0.352 e. The van der Waals surface area contributed by atoms with E-state index in [0.29, 0.717) is 12.1 Å². The number of amides is 1. The number of carbonyl (C=O) groups is 1. The van der Waals surface area contributed by atoms with Crippen molar-refractivity contribution in [2.24, 2.45) is 5.73 Å². The Labute approximate surface area is 105 Å². The van der Waals surface area contributed by atoms with Crippen LogP contribution in [-0.2, 0) is 4.79 Å². The number of likely N-dealkylation sites (tertiary alicyclic amines) is 1. The molecule has 0 aromatic carbocycles. The maximum atomic E-state index is 12.1. The van der Waals surface area contributed by atoms with E-state index in [1.54, 1.807) is 0 Å². The van der Waals surface area contributed by atoms with Gasteiger partial charge in [0.25, 0.3) is 0 Å². The lowest BCUT2D eigenvalue weighted by atomic mass is 10.0. The van der Waals surface area contributed by atoms with Crippen LogP contribution in [0.25, 0.3) is 0 Å². The average molecular weight is 241 g/mol. The third-order valence-corrected chi connectivity index (χ3v) is 3.83. The van der Waals surface area contributed by atoms with Gasteiger partial charge in [0.1, 0.15) is 0 Å². The minimum absolute atomic E-state index is 0.0249. The highest BCUT2D eigenvalue weighted by molar-refractivity contribution is 5.81. The van der Waals surface area contributed by atoms with Crippen molar-refractivity contribution in [3.8, 4) is 0 Å². The van der Waals surface area contributed by atoms with Gasteiger partial charge in [-0.05, 0) is 32.6 Å². The Morgan fingerprint density at radius 3 is 2.35 bits per heavy atom. The van der Waals surface area contributed by atoms with Crippen molar-refractivity contribution in [1.29, 1.82) is 0 Å². The molecule has 0 aliphatic carbocycles. The molecule has 1 aliphatic heterocycles. The van der Waals surface area contributed by atoms with Crippen LogP contribution >= 0.6 is 0 Å². The fourth-order valence-electron chi connectivity index (χ4n) is 2.29. The highest BCUT2D eigenvalue weighted by atomic mass is 16.2. The summed E-state index contributed by atoms with van der Waals surface area (Å²) in [5, 5.41) is 3.11. The second-order valence-corrected chi connectivity index (χ2v) is 5.07. The lowest BCUT2D eigenvalue weighted by Crippen LogP contribution is -2.51. The number of carbonyl (C=O) groups excluding carboxylic acids is 1. The van der Waals surface area contributed by atoms with Crippen LogP contribution in [0.5, 0.6) is 0 Å². The second kappa shape index (κ2) is 6.97. The lowest BCUT2D eigenvalue weighted by molar-refractivity contribution is -0.127. The maximum absolute atomic E-state index is 12.1. The molecule has 17 heavy (non-hydrogen) atoms. The first kappa shape index (κ1) is 14.5. The van der Waals surface area contributed by atoms with Gasteiger partial charge in [-0.25, -0.2) is 0 Å². The number of rotatable bonds is 5. The Kier molecular flexibility index (Phi) is 5.92. The minimum Gasteiger partial charge on any atom is -0.352 e. The number of hydrogen-bond acceptors (Lipinski definition) is 3. The molecule has 1 amide bonds. The van der Waals surface area contributed by atoms with Gasteiger partial charge in [0, 0.05) is 25.2 Å². The molecule has 1 saturated heterocycles. The predicted octanol–water partition coefficient (Wildman–Crippen LogP) is 1.10. The molecule has 1 fully saturated rings. The summed E-state index contributed by atoms with van der Waals surface area (Å²) in [4.78, 5) is 14.3.